The molecule has 10 nitrogen and oxygen atoms in total. The predicted molar refractivity (Wildman–Crippen MR) is 102 cm³/mol. The average molecular weight is 411 g/mol. The van der Waals surface area contributed by atoms with E-state index in [1.807, 2.05) is 5.32 Å². The fraction of sp³-hybridized carbons (Fsp3) is 0.200. The maximum Gasteiger partial charge on any atom is 0.371 e. The molecule has 0 fully saturated rings. The minimum absolute atomic E-state index is 0.0294. The molecule has 0 bridgehead atoms. The molecule has 4 amide bonds. The van der Waals surface area contributed by atoms with Crippen LogP contribution in [0, 0.1) is 11.8 Å². The zero-order valence-corrected chi connectivity index (χ0v) is 15.8. The first-order valence-electron chi connectivity index (χ1n) is 8.72. The number of urea groups is 1. The number of nitrogens with one attached hydrogen (secondary N) is 2. The topological polar surface area (TPSA) is 138 Å². The van der Waals surface area contributed by atoms with Crippen molar-refractivity contribution in [1.29, 1.82) is 0 Å². The number of ether oxygens (including phenoxy) is 1. The van der Waals surface area contributed by atoms with E-state index >= 15 is 0 Å². The number of hydrogen-bond acceptors (Lipinski definition) is 6. The number of carbonyl (C=O) groups is 4. The highest BCUT2D eigenvalue weighted by Crippen LogP contribution is 2.26. The molecule has 3 rings (SSSR count). The average Bonchev–Trinajstić information content (AvgIpc) is 3.31. The Balaban J connectivity index is 1.78. The Morgan fingerprint density at radius 3 is 2.83 bits per heavy atom. The van der Waals surface area contributed by atoms with Crippen molar-refractivity contribution in [3.8, 4) is 17.6 Å². The quantitative estimate of drug-likeness (QED) is 0.472. The number of furan rings is 1. The van der Waals surface area contributed by atoms with Crippen molar-refractivity contribution in [1.82, 2.24) is 15.5 Å². The van der Waals surface area contributed by atoms with E-state index in [0.29, 0.717) is 17.9 Å². The van der Waals surface area contributed by atoms with Crippen LogP contribution >= 0.6 is 0 Å². The third-order valence-electron chi connectivity index (χ3n) is 4.28. The second kappa shape index (κ2) is 8.83. The summed E-state index contributed by atoms with van der Waals surface area (Å²) >= 11 is 0. The van der Waals surface area contributed by atoms with Crippen molar-refractivity contribution < 1.29 is 33.4 Å². The van der Waals surface area contributed by atoms with E-state index < -0.39 is 18.0 Å². The Kier molecular flexibility index (Phi) is 6.03. The highest BCUT2D eigenvalue weighted by Gasteiger charge is 2.29. The Labute approximate surface area is 170 Å². The van der Waals surface area contributed by atoms with E-state index in [4.69, 9.17) is 14.3 Å². The molecule has 0 saturated heterocycles. The van der Waals surface area contributed by atoms with Gasteiger partial charge in [-0.1, -0.05) is 12.0 Å². The standard InChI is InChI=1S/C20H17N3O7/c1-29-15-4-2-12-9-23(18(25)16(12)8-15)10-13(22-20(28)21-11-24)3-5-14-6-7-17(30-14)19(26)27/h2,4,6-8,11,13H,9-10H2,1H3,(H,26,27)(H2,21,22,24,28)/t13-/m1/s1. The molecular weight excluding hydrogens is 394 g/mol. The summed E-state index contributed by atoms with van der Waals surface area (Å²) in [5, 5.41) is 13.3. The van der Waals surface area contributed by atoms with Gasteiger partial charge in [-0.2, -0.15) is 0 Å². The number of carboxylic acids is 1. The van der Waals surface area contributed by atoms with Crippen LogP contribution in [0.4, 0.5) is 4.79 Å². The Morgan fingerprint density at radius 1 is 1.37 bits per heavy atom. The third kappa shape index (κ3) is 4.59. The molecule has 1 atom stereocenters. The van der Waals surface area contributed by atoms with E-state index in [-0.39, 0.29) is 30.4 Å². The van der Waals surface area contributed by atoms with Crippen molar-refractivity contribution in [2.45, 2.75) is 12.6 Å². The summed E-state index contributed by atoms with van der Waals surface area (Å²) < 4.78 is 10.2. The molecule has 0 radical (unpaired) electrons. The van der Waals surface area contributed by atoms with Crippen molar-refractivity contribution in [3.63, 3.8) is 0 Å². The van der Waals surface area contributed by atoms with Gasteiger partial charge in [-0.3, -0.25) is 14.9 Å². The first-order chi connectivity index (χ1) is 14.4. The normalized spacial score (nSPS) is 13.0. The molecule has 1 aliphatic rings. The van der Waals surface area contributed by atoms with Crippen LogP contribution in [0.5, 0.6) is 5.75 Å². The lowest BCUT2D eigenvalue weighted by Gasteiger charge is -2.20. The second-order valence-electron chi connectivity index (χ2n) is 6.24. The maximum atomic E-state index is 12.7. The third-order valence-corrected chi connectivity index (χ3v) is 4.28. The van der Waals surface area contributed by atoms with Crippen LogP contribution in [0.25, 0.3) is 0 Å². The van der Waals surface area contributed by atoms with Crippen molar-refractivity contribution in [2.75, 3.05) is 13.7 Å². The number of aromatic carboxylic acids is 1. The number of imide groups is 1. The van der Waals surface area contributed by atoms with E-state index in [9.17, 15) is 19.2 Å². The molecule has 10 heteroatoms. The van der Waals surface area contributed by atoms with Crippen LogP contribution in [-0.2, 0) is 11.3 Å². The smallest absolute Gasteiger partial charge is 0.371 e. The lowest BCUT2D eigenvalue weighted by molar-refractivity contribution is -0.108. The lowest BCUT2D eigenvalue weighted by atomic mass is 10.1. The summed E-state index contributed by atoms with van der Waals surface area (Å²) in [6.07, 6.45) is 0.217. The van der Waals surface area contributed by atoms with Gasteiger partial charge in [0, 0.05) is 12.1 Å². The SMILES string of the molecule is COc1ccc2c(c1)C(=O)N(C[C@@H](C#Cc1ccc(C(=O)O)o1)NC(=O)NC=O)C2. The molecule has 3 N–H and O–H groups in total. The fourth-order valence-corrected chi connectivity index (χ4v) is 2.89. The number of methoxy groups -OCH3 is 1. The van der Waals surface area contributed by atoms with Gasteiger partial charge in [-0.15, -0.1) is 0 Å². The van der Waals surface area contributed by atoms with Gasteiger partial charge in [-0.05, 0) is 35.7 Å². The van der Waals surface area contributed by atoms with Gasteiger partial charge in [0.2, 0.25) is 12.2 Å². The fourth-order valence-electron chi connectivity index (χ4n) is 2.89. The zero-order chi connectivity index (χ0) is 21.7. The molecule has 2 aromatic rings. The Hall–Kier alpha value is -4.26. The molecule has 1 aliphatic heterocycles. The first-order valence-corrected chi connectivity index (χ1v) is 8.72. The van der Waals surface area contributed by atoms with Crippen molar-refractivity contribution >= 4 is 24.3 Å². The highest BCUT2D eigenvalue weighted by molar-refractivity contribution is 5.98. The molecule has 2 heterocycles. The van der Waals surface area contributed by atoms with E-state index in [1.165, 1.54) is 24.1 Å². The Bertz CT molecular complexity index is 1060. The number of benzene rings is 1. The molecule has 0 unspecified atom stereocenters. The van der Waals surface area contributed by atoms with E-state index in [2.05, 4.69) is 17.2 Å². The van der Waals surface area contributed by atoms with Crippen LogP contribution in [0.2, 0.25) is 0 Å². The highest BCUT2D eigenvalue weighted by atomic mass is 16.5. The van der Waals surface area contributed by atoms with Crippen LogP contribution in [-0.4, -0.2) is 54.0 Å². The first kappa shape index (κ1) is 20.5. The van der Waals surface area contributed by atoms with Gasteiger partial charge in [0.25, 0.3) is 5.91 Å². The van der Waals surface area contributed by atoms with Crippen LogP contribution < -0.4 is 15.4 Å². The summed E-state index contributed by atoms with van der Waals surface area (Å²) in [6.45, 7) is 0.346. The molecular formula is C20H17N3O7. The largest absolute Gasteiger partial charge is 0.497 e. The van der Waals surface area contributed by atoms with E-state index in [0.717, 1.165) is 5.56 Å². The van der Waals surface area contributed by atoms with Crippen LogP contribution in [0.3, 0.4) is 0 Å². The maximum absolute atomic E-state index is 12.7. The van der Waals surface area contributed by atoms with E-state index in [1.54, 1.807) is 18.2 Å². The van der Waals surface area contributed by atoms with Gasteiger partial charge in [0.05, 0.1) is 13.7 Å². The number of carboxylic acid groups (broad SMARTS) is 1. The predicted octanol–water partition coefficient (Wildman–Crippen LogP) is 0.818. The monoisotopic (exact) mass is 411 g/mol. The molecule has 0 spiro atoms. The molecule has 0 aliphatic carbocycles. The summed E-state index contributed by atoms with van der Waals surface area (Å²) in [6, 6.07) is 6.16. The van der Waals surface area contributed by atoms with Gasteiger partial charge >= 0.3 is 12.0 Å². The van der Waals surface area contributed by atoms with Crippen LogP contribution in [0.1, 0.15) is 32.2 Å². The summed E-state index contributed by atoms with van der Waals surface area (Å²) in [5.41, 5.74) is 1.30. The Morgan fingerprint density at radius 2 is 2.17 bits per heavy atom. The molecule has 154 valence electrons. The molecule has 30 heavy (non-hydrogen) atoms. The van der Waals surface area contributed by atoms with Gasteiger partial charge < -0.3 is 24.5 Å². The van der Waals surface area contributed by atoms with Gasteiger partial charge in [0.1, 0.15) is 11.8 Å². The minimum Gasteiger partial charge on any atom is -0.497 e. The number of rotatable bonds is 6. The number of fused-ring (bicyclic) bond motifs is 1. The number of carbonyl (C=O) groups excluding carboxylic acids is 3. The second-order valence-corrected chi connectivity index (χ2v) is 6.24. The molecule has 1 aromatic carbocycles. The minimum atomic E-state index is -1.24. The number of hydrogen-bond donors (Lipinski definition) is 3. The van der Waals surface area contributed by atoms with Crippen molar-refractivity contribution in [2.24, 2.45) is 0 Å². The van der Waals surface area contributed by atoms with Crippen molar-refractivity contribution in [3.05, 3.63) is 53.0 Å². The van der Waals surface area contributed by atoms with Crippen LogP contribution in [0.15, 0.2) is 34.7 Å². The number of nitrogens with zero attached hydrogens (tertiary/aromatic N) is 1. The number of amides is 4. The molecule has 0 saturated carbocycles. The molecule has 1 aromatic heterocycles. The zero-order valence-electron chi connectivity index (χ0n) is 15.8. The summed E-state index contributed by atoms with van der Waals surface area (Å²) in [7, 11) is 1.50. The van der Waals surface area contributed by atoms with Gasteiger partial charge in [0.15, 0.2) is 5.76 Å². The van der Waals surface area contributed by atoms with Gasteiger partial charge in [-0.25, -0.2) is 9.59 Å². The summed E-state index contributed by atoms with van der Waals surface area (Å²) in [5.74, 6) is 4.23. The lowest BCUT2D eigenvalue weighted by Crippen LogP contribution is -2.46. The summed E-state index contributed by atoms with van der Waals surface area (Å²) in [4.78, 5) is 47.4.